The molecule has 0 heterocycles. The molecule has 1 aliphatic carbocycles. The van der Waals surface area contributed by atoms with Crippen LogP contribution in [0.25, 0.3) is 0 Å². The van der Waals surface area contributed by atoms with E-state index in [4.69, 9.17) is 0 Å². The maximum absolute atomic E-state index is 2.40. The maximum atomic E-state index is 2.40. The molecule has 3 aromatic carbocycles. The molecule has 0 nitrogen and oxygen atoms in total. The number of hydrogen-bond acceptors (Lipinski definition) is 0. The van der Waals surface area contributed by atoms with Crippen molar-refractivity contribution in [3.05, 3.63) is 103 Å². The van der Waals surface area contributed by atoms with E-state index < -0.39 is 7.26 Å². The third kappa shape index (κ3) is 3.43. The smallest absolute Gasteiger partial charge is 0.115 e. The molecule has 0 aromatic heterocycles. The number of hydrogen-bond donors (Lipinski definition) is 0. The summed E-state index contributed by atoms with van der Waals surface area (Å²) in [5.41, 5.74) is 0.671. The second-order valence-corrected chi connectivity index (χ2v) is 10.4. The maximum Gasteiger partial charge on any atom is 0.115 e. The number of allylic oxidation sites excluding steroid dienone is 2. The molecule has 3 aromatic rings. The van der Waals surface area contributed by atoms with Crippen LogP contribution in [0, 0.1) is 0 Å². The Bertz CT molecular complexity index is 731. The lowest BCUT2D eigenvalue weighted by Crippen LogP contribution is -3.00. The highest BCUT2D eigenvalue weighted by atomic mass is 79.9. The molecule has 26 heavy (non-hydrogen) atoms. The quantitative estimate of drug-likeness (QED) is 0.446. The van der Waals surface area contributed by atoms with E-state index in [9.17, 15) is 0 Å². The summed E-state index contributed by atoms with van der Waals surface area (Å²) >= 11 is 0. The van der Waals surface area contributed by atoms with Gasteiger partial charge in [0.1, 0.15) is 23.2 Å². The van der Waals surface area contributed by atoms with Gasteiger partial charge in [0, 0.05) is 6.42 Å². The average molecular weight is 423 g/mol. The summed E-state index contributed by atoms with van der Waals surface area (Å²) in [6.45, 7) is 0. The Labute approximate surface area is 168 Å². The summed E-state index contributed by atoms with van der Waals surface area (Å²) in [6, 6.07) is 33.7. The minimum Gasteiger partial charge on any atom is -1.00 e. The first kappa shape index (κ1) is 19.1. The van der Waals surface area contributed by atoms with Gasteiger partial charge in [-0.05, 0) is 49.2 Å². The van der Waals surface area contributed by atoms with Gasteiger partial charge in [-0.15, -0.1) is 0 Å². The van der Waals surface area contributed by atoms with Crippen LogP contribution in [0.4, 0.5) is 0 Å². The first-order valence-corrected chi connectivity index (χ1v) is 11.0. The van der Waals surface area contributed by atoms with Gasteiger partial charge in [0.2, 0.25) is 0 Å². The van der Waals surface area contributed by atoms with E-state index in [0.717, 1.165) is 0 Å². The summed E-state index contributed by atoms with van der Waals surface area (Å²) in [5, 5.41) is 4.52. The van der Waals surface area contributed by atoms with Crippen LogP contribution >= 0.6 is 7.26 Å². The van der Waals surface area contributed by atoms with Gasteiger partial charge in [-0.1, -0.05) is 66.7 Å². The highest BCUT2D eigenvalue weighted by Gasteiger charge is 2.51. The molecule has 0 fully saturated rings. The Balaban J connectivity index is 0.00000196. The zero-order valence-corrected chi connectivity index (χ0v) is 17.3. The van der Waals surface area contributed by atoms with Crippen LogP contribution in [0.2, 0.25) is 0 Å². The van der Waals surface area contributed by atoms with Crippen molar-refractivity contribution in [1.29, 1.82) is 0 Å². The molecule has 0 amide bonds. The van der Waals surface area contributed by atoms with Crippen molar-refractivity contribution >= 4 is 23.2 Å². The van der Waals surface area contributed by atoms with Gasteiger partial charge in [-0.3, -0.25) is 0 Å². The predicted octanol–water partition coefficient (Wildman–Crippen LogP) is 2.09. The van der Waals surface area contributed by atoms with Gasteiger partial charge in [-0.2, -0.15) is 0 Å². The van der Waals surface area contributed by atoms with E-state index in [1.165, 1.54) is 35.2 Å². The second-order valence-electron chi connectivity index (χ2n) is 6.67. The number of rotatable bonds is 4. The molecule has 0 radical (unpaired) electrons. The normalized spacial score (nSPS) is 16.7. The van der Waals surface area contributed by atoms with Gasteiger partial charge in [0.15, 0.2) is 0 Å². The van der Waals surface area contributed by atoms with Crippen molar-refractivity contribution in [2.45, 2.75) is 24.9 Å². The summed E-state index contributed by atoms with van der Waals surface area (Å²) < 4.78 is 0. The Morgan fingerprint density at radius 2 is 1.00 bits per heavy atom. The number of benzene rings is 3. The highest BCUT2D eigenvalue weighted by Crippen LogP contribution is 2.62. The lowest BCUT2D eigenvalue weighted by molar-refractivity contribution is -0.00000481. The van der Waals surface area contributed by atoms with Crippen LogP contribution in [-0.4, -0.2) is 5.66 Å². The van der Waals surface area contributed by atoms with Crippen LogP contribution < -0.4 is 32.9 Å². The Kier molecular flexibility index (Phi) is 6.46. The van der Waals surface area contributed by atoms with Crippen molar-refractivity contribution < 1.29 is 17.0 Å². The van der Waals surface area contributed by atoms with Crippen LogP contribution in [-0.2, 0) is 0 Å². The monoisotopic (exact) mass is 422 g/mol. The van der Waals surface area contributed by atoms with Gasteiger partial charge in [-0.25, -0.2) is 0 Å². The third-order valence-corrected chi connectivity index (χ3v) is 10.2. The molecular weight excluding hydrogens is 399 g/mol. The van der Waals surface area contributed by atoms with Gasteiger partial charge in [0.05, 0.1) is 5.66 Å². The fourth-order valence-electron chi connectivity index (χ4n) is 4.20. The molecule has 0 saturated carbocycles. The number of halogens is 1. The van der Waals surface area contributed by atoms with Crippen molar-refractivity contribution in [3.8, 4) is 0 Å². The second kappa shape index (κ2) is 8.80. The van der Waals surface area contributed by atoms with Gasteiger partial charge in [0.25, 0.3) is 0 Å². The minimum absolute atomic E-state index is 0. The van der Waals surface area contributed by atoms with Crippen molar-refractivity contribution in [2.75, 3.05) is 0 Å². The van der Waals surface area contributed by atoms with Crippen LogP contribution in [0.1, 0.15) is 19.3 Å². The van der Waals surface area contributed by atoms with Crippen LogP contribution in [0.3, 0.4) is 0 Å². The zero-order chi connectivity index (χ0) is 17.0. The standard InChI is InChI=1S/C24H24P.BrH/c1-5-13-21(14-6-1)25(22-15-7-2-8-16-22,23-17-9-3-10-18-23)24-19-11-4-12-20-24;/h1-11,13-18,24H,12,19-20H2;1H/q+1;/p-1. The van der Waals surface area contributed by atoms with E-state index in [0.29, 0.717) is 5.66 Å². The highest BCUT2D eigenvalue weighted by molar-refractivity contribution is 7.96. The zero-order valence-electron chi connectivity index (χ0n) is 14.8. The van der Waals surface area contributed by atoms with Crippen molar-refractivity contribution in [2.24, 2.45) is 0 Å². The Morgan fingerprint density at radius 1 is 0.577 bits per heavy atom. The molecule has 0 spiro atoms. The van der Waals surface area contributed by atoms with Crippen molar-refractivity contribution in [1.82, 2.24) is 0 Å². The molecule has 132 valence electrons. The molecule has 4 rings (SSSR count). The van der Waals surface area contributed by atoms with E-state index >= 15 is 0 Å². The van der Waals surface area contributed by atoms with E-state index in [1.54, 1.807) is 0 Å². The molecule has 0 N–H and O–H groups in total. The van der Waals surface area contributed by atoms with Crippen LogP contribution in [0.5, 0.6) is 0 Å². The summed E-state index contributed by atoms with van der Waals surface area (Å²) in [7, 11) is -1.68. The molecule has 0 bridgehead atoms. The van der Waals surface area contributed by atoms with Gasteiger partial charge < -0.3 is 17.0 Å². The summed E-state index contributed by atoms with van der Waals surface area (Å²) in [5.74, 6) is 0. The molecule has 1 atom stereocenters. The Morgan fingerprint density at radius 3 is 1.35 bits per heavy atom. The average Bonchev–Trinajstić information content (AvgIpc) is 2.72. The minimum atomic E-state index is -1.68. The molecule has 1 aliphatic rings. The first-order valence-electron chi connectivity index (χ1n) is 9.13. The third-order valence-electron chi connectivity index (χ3n) is 5.28. The summed E-state index contributed by atoms with van der Waals surface area (Å²) in [6.07, 6.45) is 8.39. The molecule has 2 heteroatoms. The van der Waals surface area contributed by atoms with E-state index in [-0.39, 0.29) is 17.0 Å². The fourth-order valence-corrected chi connectivity index (χ4v) is 9.26. The Hall–Kier alpha value is -1.69. The largest absolute Gasteiger partial charge is 1.00 e. The van der Waals surface area contributed by atoms with E-state index in [2.05, 4.69) is 103 Å². The van der Waals surface area contributed by atoms with Crippen LogP contribution in [0.15, 0.2) is 103 Å². The topological polar surface area (TPSA) is 0 Å². The molecular formula is C24H24BrP. The molecule has 0 saturated heterocycles. The lowest BCUT2D eigenvalue weighted by Gasteiger charge is -2.35. The lowest BCUT2D eigenvalue weighted by atomic mass is 10.1. The van der Waals surface area contributed by atoms with E-state index in [1.807, 2.05) is 0 Å². The summed E-state index contributed by atoms with van der Waals surface area (Å²) in [4.78, 5) is 0. The SMILES string of the molecule is C1=CCC([P+](c2ccccc2)(c2ccccc2)c2ccccc2)CC1.[Br-]. The van der Waals surface area contributed by atoms with Gasteiger partial charge >= 0.3 is 0 Å². The molecule has 1 unspecified atom stereocenters. The van der Waals surface area contributed by atoms with Crippen molar-refractivity contribution in [3.63, 3.8) is 0 Å². The first-order chi connectivity index (χ1) is 12.4. The fraction of sp³-hybridized carbons (Fsp3) is 0.167. The predicted molar refractivity (Wildman–Crippen MR) is 112 cm³/mol. The molecule has 0 aliphatic heterocycles.